The molecule has 0 heterocycles. The third-order valence-corrected chi connectivity index (χ3v) is 1.98. The molecule has 5 nitrogen and oxygen atoms in total. The van der Waals surface area contributed by atoms with E-state index in [-0.39, 0.29) is 5.69 Å². The monoisotopic (exact) mass is 258 g/mol. The van der Waals surface area contributed by atoms with E-state index in [2.05, 4.69) is 25.9 Å². The third-order valence-electron chi connectivity index (χ3n) is 1.48. The summed E-state index contributed by atoms with van der Waals surface area (Å²) in [5, 5.41) is 14.1. The highest BCUT2D eigenvalue weighted by Crippen LogP contribution is 2.21. The summed E-state index contributed by atoms with van der Waals surface area (Å²) < 4.78 is 0.751. The molecular formula is C8H7BrN2O3. The zero-order valence-electron chi connectivity index (χ0n) is 7.31. The van der Waals surface area contributed by atoms with Crippen molar-refractivity contribution in [3.63, 3.8) is 0 Å². The number of benzene rings is 1. The van der Waals surface area contributed by atoms with Crippen LogP contribution in [0.4, 0.5) is 5.69 Å². The van der Waals surface area contributed by atoms with Crippen molar-refractivity contribution in [1.29, 1.82) is 0 Å². The van der Waals surface area contributed by atoms with Gasteiger partial charge in [-0.15, -0.1) is 0 Å². The van der Waals surface area contributed by atoms with Gasteiger partial charge in [-0.05, 0) is 12.1 Å². The molecule has 0 spiro atoms. The van der Waals surface area contributed by atoms with Gasteiger partial charge >= 0.3 is 0 Å². The predicted octanol–water partition coefficient (Wildman–Crippen LogP) is 2.34. The molecule has 6 heteroatoms. The molecule has 0 aliphatic carbocycles. The highest BCUT2D eigenvalue weighted by Gasteiger charge is 2.11. The maximum atomic E-state index is 10.6. The van der Waals surface area contributed by atoms with Crippen molar-refractivity contribution in [1.82, 2.24) is 0 Å². The normalized spacial score (nSPS) is 10.4. The van der Waals surface area contributed by atoms with E-state index < -0.39 is 4.92 Å². The minimum atomic E-state index is -0.469. The molecule has 0 N–H and O–H groups in total. The summed E-state index contributed by atoms with van der Waals surface area (Å²) in [7, 11) is 1.38. The van der Waals surface area contributed by atoms with Gasteiger partial charge in [0.15, 0.2) is 0 Å². The number of rotatable bonds is 3. The van der Waals surface area contributed by atoms with Gasteiger partial charge < -0.3 is 4.84 Å². The zero-order chi connectivity index (χ0) is 10.6. The minimum Gasteiger partial charge on any atom is -0.399 e. The maximum absolute atomic E-state index is 10.6. The standard InChI is InChI=1S/C8H7BrN2O3/c1-14-10-5-6-4-7(9)2-3-8(6)11(12)13/h2-5H,1H3. The number of nitrogens with zero attached hydrogens (tertiary/aromatic N) is 2. The Labute approximate surface area is 88.6 Å². The molecule has 0 bridgehead atoms. The number of halogens is 1. The number of hydrogen-bond donors (Lipinski definition) is 0. The fraction of sp³-hybridized carbons (Fsp3) is 0.125. The number of nitro benzene ring substituents is 1. The van der Waals surface area contributed by atoms with E-state index in [0.29, 0.717) is 5.56 Å². The Morgan fingerprint density at radius 2 is 2.36 bits per heavy atom. The summed E-state index contributed by atoms with van der Waals surface area (Å²) in [6.07, 6.45) is 1.29. The van der Waals surface area contributed by atoms with E-state index in [1.165, 1.54) is 19.4 Å². The van der Waals surface area contributed by atoms with Crippen LogP contribution in [0, 0.1) is 10.1 Å². The second-order valence-corrected chi connectivity index (χ2v) is 3.29. The smallest absolute Gasteiger partial charge is 0.278 e. The van der Waals surface area contributed by atoms with Crippen molar-refractivity contribution in [2.24, 2.45) is 5.16 Å². The lowest BCUT2D eigenvalue weighted by molar-refractivity contribution is -0.385. The average Bonchev–Trinajstić information content (AvgIpc) is 2.14. The van der Waals surface area contributed by atoms with Crippen molar-refractivity contribution in [2.75, 3.05) is 7.11 Å². The van der Waals surface area contributed by atoms with E-state index in [9.17, 15) is 10.1 Å². The third kappa shape index (κ3) is 2.53. The van der Waals surface area contributed by atoms with Crippen molar-refractivity contribution in [3.05, 3.63) is 38.3 Å². The molecule has 0 aliphatic rings. The summed E-state index contributed by atoms with van der Waals surface area (Å²) in [4.78, 5) is 14.6. The van der Waals surface area contributed by atoms with Crippen LogP contribution in [0.25, 0.3) is 0 Å². The Kier molecular flexibility index (Phi) is 3.58. The molecule has 0 aromatic heterocycles. The van der Waals surface area contributed by atoms with Crippen LogP contribution in [0.1, 0.15) is 5.56 Å². The Bertz CT molecular complexity index is 379. The van der Waals surface area contributed by atoms with Gasteiger partial charge in [-0.25, -0.2) is 0 Å². The summed E-state index contributed by atoms with van der Waals surface area (Å²) in [6, 6.07) is 4.60. The van der Waals surface area contributed by atoms with Gasteiger partial charge in [0.1, 0.15) is 7.11 Å². The Morgan fingerprint density at radius 1 is 1.64 bits per heavy atom. The lowest BCUT2D eigenvalue weighted by Gasteiger charge is -1.97. The SMILES string of the molecule is CON=Cc1cc(Br)ccc1[N+](=O)[O-]. The van der Waals surface area contributed by atoms with Gasteiger partial charge in [0.2, 0.25) is 0 Å². The fourth-order valence-electron chi connectivity index (χ4n) is 0.905. The van der Waals surface area contributed by atoms with Gasteiger partial charge in [-0.1, -0.05) is 21.1 Å². The summed E-state index contributed by atoms with van der Waals surface area (Å²) in [5.41, 5.74) is 0.389. The number of hydrogen-bond acceptors (Lipinski definition) is 4. The first kappa shape index (κ1) is 10.6. The van der Waals surface area contributed by atoms with Gasteiger partial charge in [-0.3, -0.25) is 10.1 Å². The van der Waals surface area contributed by atoms with Crippen molar-refractivity contribution in [2.45, 2.75) is 0 Å². The first-order valence-corrected chi connectivity index (χ1v) is 4.45. The maximum Gasteiger partial charge on any atom is 0.278 e. The Morgan fingerprint density at radius 3 is 2.93 bits per heavy atom. The molecule has 0 saturated heterocycles. The van der Waals surface area contributed by atoms with Crippen molar-refractivity contribution < 1.29 is 9.76 Å². The van der Waals surface area contributed by atoms with Gasteiger partial charge in [0, 0.05) is 10.5 Å². The topological polar surface area (TPSA) is 64.7 Å². The second-order valence-electron chi connectivity index (χ2n) is 2.38. The van der Waals surface area contributed by atoms with Crippen LogP contribution >= 0.6 is 15.9 Å². The summed E-state index contributed by atoms with van der Waals surface area (Å²) in [5.74, 6) is 0. The first-order valence-electron chi connectivity index (χ1n) is 3.65. The van der Waals surface area contributed by atoms with Gasteiger partial charge in [-0.2, -0.15) is 0 Å². The lowest BCUT2D eigenvalue weighted by Crippen LogP contribution is -1.94. The molecule has 14 heavy (non-hydrogen) atoms. The molecule has 0 amide bonds. The average molecular weight is 259 g/mol. The van der Waals surface area contributed by atoms with E-state index in [1.807, 2.05) is 0 Å². The molecule has 0 saturated carbocycles. The molecule has 1 aromatic carbocycles. The highest BCUT2D eigenvalue weighted by atomic mass is 79.9. The fourth-order valence-corrected chi connectivity index (χ4v) is 1.28. The first-order chi connectivity index (χ1) is 6.65. The molecule has 0 radical (unpaired) electrons. The highest BCUT2D eigenvalue weighted by molar-refractivity contribution is 9.10. The summed E-state index contributed by atoms with van der Waals surface area (Å²) in [6.45, 7) is 0. The van der Waals surface area contributed by atoms with Crippen molar-refractivity contribution >= 4 is 27.8 Å². The van der Waals surface area contributed by atoms with Crippen LogP contribution in [0.3, 0.4) is 0 Å². The van der Waals surface area contributed by atoms with E-state index in [1.54, 1.807) is 12.1 Å². The van der Waals surface area contributed by atoms with E-state index in [0.717, 1.165) is 4.47 Å². The van der Waals surface area contributed by atoms with Crippen molar-refractivity contribution in [3.8, 4) is 0 Å². The number of nitro groups is 1. The largest absolute Gasteiger partial charge is 0.399 e. The van der Waals surface area contributed by atoms with Crippen LogP contribution in [0.5, 0.6) is 0 Å². The van der Waals surface area contributed by atoms with Crippen LogP contribution in [0.15, 0.2) is 27.8 Å². The van der Waals surface area contributed by atoms with Gasteiger partial charge in [0.05, 0.1) is 16.7 Å². The predicted molar refractivity (Wildman–Crippen MR) is 55.4 cm³/mol. The molecule has 1 aromatic rings. The Hall–Kier alpha value is -1.43. The molecule has 1 rings (SSSR count). The number of oxime groups is 1. The molecule has 0 fully saturated rings. The molecule has 0 atom stereocenters. The van der Waals surface area contributed by atoms with Crippen LogP contribution in [-0.4, -0.2) is 18.2 Å². The van der Waals surface area contributed by atoms with E-state index in [4.69, 9.17) is 0 Å². The lowest BCUT2D eigenvalue weighted by atomic mass is 10.2. The molecule has 0 unspecified atom stereocenters. The summed E-state index contributed by atoms with van der Waals surface area (Å²) >= 11 is 3.21. The molecular weight excluding hydrogens is 252 g/mol. The van der Waals surface area contributed by atoms with Crippen LogP contribution in [0.2, 0.25) is 0 Å². The van der Waals surface area contributed by atoms with E-state index >= 15 is 0 Å². The van der Waals surface area contributed by atoms with Crippen LogP contribution in [-0.2, 0) is 4.84 Å². The second kappa shape index (κ2) is 4.71. The van der Waals surface area contributed by atoms with Crippen LogP contribution < -0.4 is 0 Å². The molecule has 74 valence electrons. The quantitative estimate of drug-likeness (QED) is 0.475. The zero-order valence-corrected chi connectivity index (χ0v) is 8.89. The van der Waals surface area contributed by atoms with Gasteiger partial charge in [0.25, 0.3) is 5.69 Å². The molecule has 0 aliphatic heterocycles. The Balaban J connectivity index is 3.15. The minimum absolute atomic E-state index is 0.00556.